The molecule has 0 aliphatic carbocycles. The highest BCUT2D eigenvalue weighted by molar-refractivity contribution is 7.88. The molecule has 1 fully saturated rings. The highest BCUT2D eigenvalue weighted by Gasteiger charge is 2.29. The Balaban J connectivity index is 1.34. The molecule has 1 saturated heterocycles. The molecule has 10 nitrogen and oxygen atoms in total. The highest BCUT2D eigenvalue weighted by Crippen LogP contribution is 2.13. The summed E-state index contributed by atoms with van der Waals surface area (Å²) in [5.74, 6) is 1.56. The fraction of sp³-hybridized carbons (Fsp3) is 0.450. The van der Waals surface area contributed by atoms with Crippen molar-refractivity contribution in [2.24, 2.45) is 4.99 Å². The number of imidazole rings is 1. The molecule has 0 saturated carbocycles. The summed E-state index contributed by atoms with van der Waals surface area (Å²) in [6.45, 7) is 5.33. The van der Waals surface area contributed by atoms with Gasteiger partial charge < -0.3 is 19.7 Å². The standard InChI is InChI=1S/C20H27N7O3S/c1-2-21-20(22-9-7-19-23-17-5-3-4-6-18(17)24-19)26-10-12-27(13-11-26)31(28,29)15-16-8-14-30-25-16/h3-6,8,14H,2,7,9-13,15H2,1H3,(H,21,22)(H,23,24). The zero-order valence-corrected chi connectivity index (χ0v) is 18.3. The third kappa shape index (κ3) is 5.23. The van der Waals surface area contributed by atoms with Gasteiger partial charge in [0.25, 0.3) is 0 Å². The van der Waals surface area contributed by atoms with E-state index in [0.29, 0.717) is 44.8 Å². The number of aromatic nitrogens is 3. The minimum absolute atomic E-state index is 0.144. The molecule has 1 aliphatic heterocycles. The van der Waals surface area contributed by atoms with Crippen LogP contribution >= 0.6 is 0 Å². The average Bonchev–Trinajstić information content (AvgIpc) is 3.42. The van der Waals surface area contributed by atoms with E-state index in [2.05, 4.69) is 25.3 Å². The number of piperazine rings is 1. The summed E-state index contributed by atoms with van der Waals surface area (Å²) in [6.07, 6.45) is 2.09. The van der Waals surface area contributed by atoms with Gasteiger partial charge >= 0.3 is 0 Å². The lowest BCUT2D eigenvalue weighted by Gasteiger charge is -2.35. The van der Waals surface area contributed by atoms with Gasteiger partial charge in [0.05, 0.1) is 16.7 Å². The molecule has 3 heterocycles. The summed E-state index contributed by atoms with van der Waals surface area (Å²) < 4.78 is 31.5. The molecule has 0 radical (unpaired) electrons. The maximum absolute atomic E-state index is 12.6. The van der Waals surface area contributed by atoms with Gasteiger partial charge in [-0.25, -0.2) is 13.4 Å². The Morgan fingerprint density at radius 3 is 2.74 bits per heavy atom. The summed E-state index contributed by atoms with van der Waals surface area (Å²) in [6, 6.07) is 9.52. The first-order valence-corrected chi connectivity index (χ1v) is 12.0. The van der Waals surface area contributed by atoms with Crippen LogP contribution in [-0.4, -0.2) is 78.0 Å². The largest absolute Gasteiger partial charge is 0.364 e. The number of para-hydroxylation sites is 2. The van der Waals surface area contributed by atoms with E-state index in [4.69, 9.17) is 9.52 Å². The lowest BCUT2D eigenvalue weighted by atomic mass is 10.3. The van der Waals surface area contributed by atoms with Gasteiger partial charge in [-0.2, -0.15) is 4.31 Å². The first kappa shape index (κ1) is 21.3. The molecule has 2 N–H and O–H groups in total. The lowest BCUT2D eigenvalue weighted by molar-refractivity contribution is 0.260. The van der Waals surface area contributed by atoms with Gasteiger partial charge in [0.1, 0.15) is 17.8 Å². The molecule has 0 amide bonds. The van der Waals surface area contributed by atoms with E-state index in [-0.39, 0.29) is 5.75 Å². The SMILES string of the molecule is CCNC(=NCCc1nc2ccccc2[nH]1)N1CCN(S(=O)(=O)Cc2ccon2)CC1. The van der Waals surface area contributed by atoms with Crippen LogP contribution < -0.4 is 5.32 Å². The zero-order chi connectivity index (χ0) is 21.7. The molecule has 31 heavy (non-hydrogen) atoms. The van der Waals surface area contributed by atoms with E-state index >= 15 is 0 Å². The predicted octanol–water partition coefficient (Wildman–Crippen LogP) is 1.21. The quantitative estimate of drug-likeness (QED) is 0.414. The van der Waals surface area contributed by atoms with Crippen LogP contribution in [0.3, 0.4) is 0 Å². The Morgan fingerprint density at radius 2 is 2.03 bits per heavy atom. The summed E-state index contributed by atoms with van der Waals surface area (Å²) in [7, 11) is -3.42. The van der Waals surface area contributed by atoms with E-state index in [1.54, 1.807) is 6.07 Å². The third-order valence-electron chi connectivity index (χ3n) is 5.14. The number of nitrogens with zero attached hydrogens (tertiary/aromatic N) is 5. The summed E-state index contributed by atoms with van der Waals surface area (Å²) in [5, 5.41) is 7.02. The fourth-order valence-electron chi connectivity index (χ4n) is 3.59. The van der Waals surface area contributed by atoms with Crippen molar-refractivity contribution in [3.05, 3.63) is 48.1 Å². The van der Waals surface area contributed by atoms with E-state index in [1.807, 2.05) is 31.2 Å². The van der Waals surface area contributed by atoms with Crippen molar-refractivity contribution in [3.63, 3.8) is 0 Å². The first-order chi connectivity index (χ1) is 15.0. The van der Waals surface area contributed by atoms with Crippen molar-refractivity contribution < 1.29 is 12.9 Å². The molecule has 4 rings (SSSR count). The first-order valence-electron chi connectivity index (χ1n) is 10.4. The fourth-order valence-corrected chi connectivity index (χ4v) is 5.01. The number of rotatable bonds is 7. The monoisotopic (exact) mass is 445 g/mol. The number of nitrogens with one attached hydrogen (secondary N) is 2. The topological polar surface area (TPSA) is 120 Å². The second-order valence-corrected chi connectivity index (χ2v) is 9.29. The van der Waals surface area contributed by atoms with Crippen molar-refractivity contribution >= 4 is 27.0 Å². The van der Waals surface area contributed by atoms with Crippen molar-refractivity contribution in [3.8, 4) is 0 Å². The second kappa shape index (κ2) is 9.48. The predicted molar refractivity (Wildman–Crippen MR) is 118 cm³/mol. The number of hydrogen-bond donors (Lipinski definition) is 2. The Kier molecular flexibility index (Phi) is 6.52. The van der Waals surface area contributed by atoms with Crippen LogP contribution in [0.4, 0.5) is 0 Å². The van der Waals surface area contributed by atoms with E-state index in [9.17, 15) is 8.42 Å². The maximum atomic E-state index is 12.6. The van der Waals surface area contributed by atoms with Crippen LogP contribution in [-0.2, 0) is 22.2 Å². The van der Waals surface area contributed by atoms with Crippen molar-refractivity contribution in [1.29, 1.82) is 0 Å². The molecular formula is C20H27N7O3S. The molecule has 1 aromatic carbocycles. The van der Waals surface area contributed by atoms with Crippen molar-refractivity contribution in [2.75, 3.05) is 39.3 Å². The molecule has 0 spiro atoms. The number of aliphatic imine (C=N–C) groups is 1. The van der Waals surface area contributed by atoms with Crippen molar-refractivity contribution in [2.45, 2.75) is 19.1 Å². The molecule has 0 atom stereocenters. The molecule has 11 heteroatoms. The zero-order valence-electron chi connectivity index (χ0n) is 17.5. The van der Waals surface area contributed by atoms with Crippen LogP contribution in [0.5, 0.6) is 0 Å². The number of aromatic amines is 1. The minimum atomic E-state index is -3.42. The van der Waals surface area contributed by atoms with Gasteiger partial charge in [0.15, 0.2) is 5.96 Å². The third-order valence-corrected chi connectivity index (χ3v) is 6.95. The van der Waals surface area contributed by atoms with E-state index in [0.717, 1.165) is 29.4 Å². The Hall–Kier alpha value is -2.92. The van der Waals surface area contributed by atoms with Gasteiger partial charge in [-0.15, -0.1) is 0 Å². The van der Waals surface area contributed by atoms with Crippen LogP contribution in [0.25, 0.3) is 11.0 Å². The highest BCUT2D eigenvalue weighted by atomic mass is 32.2. The maximum Gasteiger partial charge on any atom is 0.220 e. The van der Waals surface area contributed by atoms with Gasteiger partial charge in [-0.3, -0.25) is 4.99 Å². The number of sulfonamides is 1. The number of H-pyrrole nitrogens is 1. The minimum Gasteiger partial charge on any atom is -0.364 e. The molecule has 1 aliphatic rings. The smallest absolute Gasteiger partial charge is 0.220 e. The van der Waals surface area contributed by atoms with Gasteiger partial charge in [0.2, 0.25) is 10.0 Å². The van der Waals surface area contributed by atoms with E-state index < -0.39 is 10.0 Å². The number of fused-ring (bicyclic) bond motifs is 1. The Labute approximate surface area is 181 Å². The summed E-state index contributed by atoms with van der Waals surface area (Å²) in [4.78, 5) is 14.7. The van der Waals surface area contributed by atoms with Crippen LogP contribution in [0.1, 0.15) is 18.4 Å². The summed E-state index contributed by atoms with van der Waals surface area (Å²) >= 11 is 0. The number of guanidine groups is 1. The number of hydrogen-bond acceptors (Lipinski definition) is 6. The molecule has 3 aromatic rings. The molecule has 0 unspecified atom stereocenters. The van der Waals surface area contributed by atoms with Crippen LogP contribution in [0, 0.1) is 0 Å². The summed E-state index contributed by atoms with van der Waals surface area (Å²) in [5.41, 5.74) is 2.40. The van der Waals surface area contributed by atoms with Gasteiger partial charge in [0, 0.05) is 51.8 Å². The Morgan fingerprint density at radius 1 is 1.23 bits per heavy atom. The molecule has 2 aromatic heterocycles. The second-order valence-electron chi connectivity index (χ2n) is 7.32. The Bertz CT molecular complexity index is 1080. The van der Waals surface area contributed by atoms with Crippen LogP contribution in [0.15, 0.2) is 46.1 Å². The van der Waals surface area contributed by atoms with E-state index in [1.165, 1.54) is 10.6 Å². The van der Waals surface area contributed by atoms with Gasteiger partial charge in [-0.05, 0) is 19.1 Å². The van der Waals surface area contributed by atoms with Crippen LogP contribution in [0.2, 0.25) is 0 Å². The normalized spacial score (nSPS) is 16.2. The molecule has 0 bridgehead atoms. The molecule has 166 valence electrons. The number of benzene rings is 1. The molecular weight excluding hydrogens is 418 g/mol. The van der Waals surface area contributed by atoms with Crippen molar-refractivity contribution in [1.82, 2.24) is 29.6 Å². The average molecular weight is 446 g/mol. The van der Waals surface area contributed by atoms with Gasteiger partial charge in [-0.1, -0.05) is 17.3 Å². The lowest BCUT2D eigenvalue weighted by Crippen LogP contribution is -2.54.